The predicted octanol–water partition coefficient (Wildman–Crippen LogP) is 3.65. The third kappa shape index (κ3) is 2.21. The molecule has 3 aliphatic carbocycles. The number of rotatable bonds is 3. The fraction of sp³-hybridized carbons (Fsp3) is 0.192. The van der Waals surface area contributed by atoms with Crippen LogP contribution in [0.4, 0.5) is 11.4 Å². The maximum Gasteiger partial charge on any atom is 0.293 e. The molecular formula is C26H18N2O5. The van der Waals surface area contributed by atoms with Gasteiger partial charge in [0.05, 0.1) is 22.2 Å². The number of carbonyl (C=O) groups excluding carboxylic acids is 3. The topological polar surface area (TPSA) is 97.6 Å². The highest BCUT2D eigenvalue weighted by molar-refractivity contribution is 6.25. The monoisotopic (exact) mass is 438 g/mol. The lowest BCUT2D eigenvalue weighted by Crippen LogP contribution is -2.54. The SMILES string of the molecule is Cc1ccc(N2C(=O)[C@@H]3C4c5ccccc5C(C=O)(c5ccccc54)[C@H]3C2=O)c([N+](=O)[O-])c1. The van der Waals surface area contributed by atoms with Crippen molar-refractivity contribution in [3.05, 3.63) is 105 Å². The van der Waals surface area contributed by atoms with Crippen LogP contribution >= 0.6 is 0 Å². The second-order valence-electron chi connectivity index (χ2n) is 8.90. The Morgan fingerprint density at radius 3 is 2.12 bits per heavy atom. The zero-order valence-corrected chi connectivity index (χ0v) is 17.6. The van der Waals surface area contributed by atoms with E-state index in [0.29, 0.717) is 5.56 Å². The Hall–Kier alpha value is -4.13. The molecule has 0 saturated carbocycles. The number of aldehydes is 1. The van der Waals surface area contributed by atoms with Gasteiger partial charge in [0.15, 0.2) is 0 Å². The first-order chi connectivity index (χ1) is 15.9. The zero-order valence-electron chi connectivity index (χ0n) is 17.6. The lowest BCUT2D eigenvalue weighted by atomic mass is 9.48. The Morgan fingerprint density at radius 1 is 0.939 bits per heavy atom. The highest BCUT2D eigenvalue weighted by Crippen LogP contribution is 2.63. The first-order valence-electron chi connectivity index (χ1n) is 10.7. The number of hydrogen-bond acceptors (Lipinski definition) is 5. The number of anilines is 1. The first-order valence-corrected chi connectivity index (χ1v) is 10.7. The molecule has 2 bridgehead atoms. The number of nitrogens with zero attached hydrogens (tertiary/aromatic N) is 2. The first kappa shape index (κ1) is 19.5. The van der Waals surface area contributed by atoms with Gasteiger partial charge < -0.3 is 4.79 Å². The summed E-state index contributed by atoms with van der Waals surface area (Å²) in [4.78, 5) is 52.8. The zero-order chi connectivity index (χ0) is 23.1. The number of hydrogen-bond donors (Lipinski definition) is 0. The molecule has 1 saturated heterocycles. The van der Waals surface area contributed by atoms with E-state index in [1.54, 1.807) is 13.0 Å². The van der Waals surface area contributed by atoms with Gasteiger partial charge in [0.25, 0.3) is 5.69 Å². The van der Waals surface area contributed by atoms with Gasteiger partial charge in [0.1, 0.15) is 12.0 Å². The number of amides is 2. The van der Waals surface area contributed by atoms with Crippen LogP contribution in [0.15, 0.2) is 66.7 Å². The van der Waals surface area contributed by atoms with E-state index in [1.165, 1.54) is 12.1 Å². The summed E-state index contributed by atoms with van der Waals surface area (Å²) in [5.74, 6) is -3.25. The van der Waals surface area contributed by atoms with E-state index >= 15 is 0 Å². The Labute approximate surface area is 188 Å². The fourth-order valence-corrected chi connectivity index (χ4v) is 6.24. The largest absolute Gasteiger partial charge is 0.302 e. The number of nitro benzene ring substituents is 1. The van der Waals surface area contributed by atoms with Crippen molar-refractivity contribution in [3.8, 4) is 0 Å². The number of imide groups is 1. The summed E-state index contributed by atoms with van der Waals surface area (Å²) in [5, 5.41) is 11.8. The normalized spacial score (nSPS) is 26.6. The highest BCUT2D eigenvalue weighted by Gasteiger charge is 2.68. The van der Waals surface area contributed by atoms with Crippen LogP contribution < -0.4 is 4.90 Å². The third-order valence-corrected chi connectivity index (χ3v) is 7.44. The van der Waals surface area contributed by atoms with Crippen LogP contribution in [-0.4, -0.2) is 23.0 Å². The van der Waals surface area contributed by atoms with Crippen molar-refractivity contribution >= 4 is 29.5 Å². The molecule has 1 fully saturated rings. The molecule has 7 nitrogen and oxygen atoms in total. The quantitative estimate of drug-likeness (QED) is 0.269. The van der Waals surface area contributed by atoms with Gasteiger partial charge in [-0.15, -0.1) is 0 Å². The summed E-state index contributed by atoms with van der Waals surface area (Å²) in [6.07, 6.45) is 0.788. The van der Waals surface area contributed by atoms with Crippen molar-refractivity contribution in [2.75, 3.05) is 4.90 Å². The lowest BCUT2D eigenvalue weighted by molar-refractivity contribution is -0.384. The second kappa shape index (κ2) is 6.45. The lowest BCUT2D eigenvalue weighted by Gasteiger charge is -2.51. The number of aryl methyl sites for hydroxylation is 1. The highest BCUT2D eigenvalue weighted by atomic mass is 16.6. The van der Waals surface area contributed by atoms with Crippen molar-refractivity contribution in [2.24, 2.45) is 11.8 Å². The van der Waals surface area contributed by atoms with Crippen LogP contribution in [0.1, 0.15) is 33.7 Å². The van der Waals surface area contributed by atoms with E-state index in [-0.39, 0.29) is 11.4 Å². The van der Waals surface area contributed by atoms with E-state index in [1.807, 2.05) is 48.5 Å². The van der Waals surface area contributed by atoms with Gasteiger partial charge >= 0.3 is 0 Å². The molecule has 0 spiro atoms. The van der Waals surface area contributed by atoms with Gasteiger partial charge in [-0.1, -0.05) is 54.6 Å². The number of benzene rings is 3. The van der Waals surface area contributed by atoms with Crippen LogP contribution in [-0.2, 0) is 19.8 Å². The van der Waals surface area contributed by atoms with Gasteiger partial charge in [-0.25, -0.2) is 4.90 Å². The van der Waals surface area contributed by atoms with E-state index in [0.717, 1.165) is 33.4 Å². The Balaban J connectivity index is 1.64. The van der Waals surface area contributed by atoms with Crippen molar-refractivity contribution in [3.63, 3.8) is 0 Å². The molecule has 33 heavy (non-hydrogen) atoms. The van der Waals surface area contributed by atoms with Crippen LogP contribution in [0.25, 0.3) is 0 Å². The molecule has 0 radical (unpaired) electrons. The number of nitro groups is 1. The standard InChI is InChI=1S/C26H18N2O5/c1-14-10-11-19(20(12-14)28(32)33)27-24(30)22-21-15-6-2-4-8-17(15)26(13-29,23(22)25(27)31)18-9-5-3-7-16(18)21/h2-13,21-23H,1H3/t21?,22-,23-,26?/m1/s1. The summed E-state index contributed by atoms with van der Waals surface area (Å²) in [7, 11) is 0. The summed E-state index contributed by atoms with van der Waals surface area (Å²) >= 11 is 0. The van der Waals surface area contributed by atoms with Crippen LogP contribution in [0.5, 0.6) is 0 Å². The van der Waals surface area contributed by atoms with Gasteiger partial charge in [-0.05, 0) is 40.8 Å². The van der Waals surface area contributed by atoms with Gasteiger partial charge in [0, 0.05) is 12.0 Å². The molecule has 4 aliphatic rings. The third-order valence-electron chi connectivity index (χ3n) is 7.44. The minimum absolute atomic E-state index is 0.0523. The molecular weight excluding hydrogens is 420 g/mol. The smallest absolute Gasteiger partial charge is 0.293 e. The molecule has 7 heteroatoms. The fourth-order valence-electron chi connectivity index (χ4n) is 6.24. The van der Waals surface area contributed by atoms with Crippen LogP contribution in [0, 0.1) is 28.9 Å². The molecule has 2 atom stereocenters. The van der Waals surface area contributed by atoms with Crippen molar-refractivity contribution in [1.82, 2.24) is 0 Å². The molecule has 2 amide bonds. The van der Waals surface area contributed by atoms with Gasteiger partial charge in [-0.2, -0.15) is 0 Å². The van der Waals surface area contributed by atoms with E-state index in [2.05, 4.69) is 0 Å². The average molecular weight is 438 g/mol. The van der Waals surface area contributed by atoms with Crippen molar-refractivity contribution in [2.45, 2.75) is 18.3 Å². The molecule has 162 valence electrons. The summed E-state index contributed by atoms with van der Waals surface area (Å²) in [5.41, 5.74) is 2.12. The summed E-state index contributed by atoms with van der Waals surface area (Å²) < 4.78 is 0. The molecule has 0 N–H and O–H groups in total. The van der Waals surface area contributed by atoms with Crippen molar-refractivity contribution in [1.29, 1.82) is 0 Å². The number of carbonyl (C=O) groups is 3. The molecule has 0 unspecified atom stereocenters. The Bertz CT molecular complexity index is 1360. The Kier molecular flexibility index (Phi) is 3.82. The molecule has 3 aromatic rings. The summed E-state index contributed by atoms with van der Waals surface area (Å²) in [6.45, 7) is 1.71. The van der Waals surface area contributed by atoms with E-state index in [4.69, 9.17) is 0 Å². The van der Waals surface area contributed by atoms with Crippen LogP contribution in [0.3, 0.4) is 0 Å². The average Bonchev–Trinajstić information content (AvgIpc) is 3.10. The predicted molar refractivity (Wildman–Crippen MR) is 119 cm³/mol. The minimum Gasteiger partial charge on any atom is -0.302 e. The minimum atomic E-state index is -1.33. The van der Waals surface area contributed by atoms with Gasteiger partial charge in [0.2, 0.25) is 11.8 Å². The van der Waals surface area contributed by atoms with E-state index in [9.17, 15) is 24.5 Å². The maximum atomic E-state index is 13.9. The van der Waals surface area contributed by atoms with Crippen LogP contribution in [0.2, 0.25) is 0 Å². The molecule has 7 rings (SSSR count). The molecule has 1 aliphatic heterocycles. The second-order valence-corrected chi connectivity index (χ2v) is 8.90. The molecule has 0 aromatic heterocycles. The van der Waals surface area contributed by atoms with E-state index < -0.39 is 39.9 Å². The Morgan fingerprint density at radius 2 is 1.55 bits per heavy atom. The van der Waals surface area contributed by atoms with Gasteiger partial charge in [-0.3, -0.25) is 19.7 Å². The summed E-state index contributed by atoms with van der Waals surface area (Å²) in [6, 6.07) is 19.3. The molecule has 3 aromatic carbocycles. The maximum absolute atomic E-state index is 13.9. The van der Waals surface area contributed by atoms with Crippen molar-refractivity contribution < 1.29 is 19.3 Å². The molecule has 1 heterocycles.